The molecule has 0 heterocycles. The molecule has 0 saturated heterocycles. The fourth-order valence-electron chi connectivity index (χ4n) is 1.06. The lowest BCUT2D eigenvalue weighted by Crippen LogP contribution is -2.18. The van der Waals surface area contributed by atoms with Crippen molar-refractivity contribution in [1.82, 2.24) is 5.32 Å². The van der Waals surface area contributed by atoms with Gasteiger partial charge in [0.25, 0.3) is 0 Å². The van der Waals surface area contributed by atoms with Gasteiger partial charge in [0.1, 0.15) is 0 Å². The maximum absolute atomic E-state index is 5.95. The maximum atomic E-state index is 5.95. The van der Waals surface area contributed by atoms with E-state index < -0.39 is 0 Å². The lowest BCUT2D eigenvalue weighted by atomic mass is 10.2. The molecule has 78 valence electrons. The number of benzene rings is 1. The molecule has 0 unspecified atom stereocenters. The molecular weight excluding hydrogens is 265 g/mol. The summed E-state index contributed by atoms with van der Waals surface area (Å²) >= 11 is 9.30. The zero-order valence-electron chi connectivity index (χ0n) is 8.02. The normalized spacial score (nSPS) is 10.5. The van der Waals surface area contributed by atoms with Crippen molar-refractivity contribution in [2.24, 2.45) is 0 Å². The summed E-state index contributed by atoms with van der Waals surface area (Å²) in [6.45, 7) is 2.39. The van der Waals surface area contributed by atoms with Crippen LogP contribution in [0.5, 0.6) is 0 Å². The predicted molar refractivity (Wildman–Crippen MR) is 62.7 cm³/mol. The SMILES string of the molecule is COCCNCc1ccc(Br)c(Cl)c1. The molecule has 0 amide bonds. The van der Waals surface area contributed by atoms with E-state index >= 15 is 0 Å². The Hall–Kier alpha value is -0.0900. The van der Waals surface area contributed by atoms with Crippen molar-refractivity contribution < 1.29 is 4.74 Å². The molecule has 4 heteroatoms. The van der Waals surface area contributed by atoms with Crippen LogP contribution < -0.4 is 5.32 Å². The van der Waals surface area contributed by atoms with Crippen LogP contribution in [0.1, 0.15) is 5.56 Å². The number of ether oxygens (including phenoxy) is 1. The highest BCUT2D eigenvalue weighted by Gasteiger charge is 1.98. The molecular formula is C10H13BrClNO. The molecule has 1 N–H and O–H groups in total. The molecule has 2 nitrogen and oxygen atoms in total. The number of hydrogen-bond donors (Lipinski definition) is 1. The van der Waals surface area contributed by atoms with Gasteiger partial charge in [0.15, 0.2) is 0 Å². The van der Waals surface area contributed by atoms with Gasteiger partial charge in [0.2, 0.25) is 0 Å². The third-order valence-electron chi connectivity index (χ3n) is 1.80. The van der Waals surface area contributed by atoms with Crippen LogP contribution in [0.2, 0.25) is 5.02 Å². The lowest BCUT2D eigenvalue weighted by Gasteiger charge is -2.05. The van der Waals surface area contributed by atoms with Gasteiger partial charge in [-0.05, 0) is 33.6 Å². The molecule has 0 aliphatic carbocycles. The fraction of sp³-hybridized carbons (Fsp3) is 0.400. The highest BCUT2D eigenvalue weighted by molar-refractivity contribution is 9.10. The van der Waals surface area contributed by atoms with Gasteiger partial charge in [-0.15, -0.1) is 0 Å². The Kier molecular flexibility index (Phi) is 5.48. The molecule has 0 aromatic heterocycles. The van der Waals surface area contributed by atoms with Crippen molar-refractivity contribution in [1.29, 1.82) is 0 Å². The highest BCUT2D eigenvalue weighted by atomic mass is 79.9. The predicted octanol–water partition coefficient (Wildman–Crippen LogP) is 2.84. The third kappa shape index (κ3) is 3.96. The van der Waals surface area contributed by atoms with Crippen LogP contribution in [0.25, 0.3) is 0 Å². The summed E-state index contributed by atoms with van der Waals surface area (Å²) < 4.78 is 5.86. The average Bonchev–Trinajstić information content (AvgIpc) is 2.18. The Bertz CT molecular complexity index is 293. The Morgan fingerprint density at radius 1 is 1.50 bits per heavy atom. The van der Waals surface area contributed by atoms with Crippen LogP contribution in [-0.2, 0) is 11.3 Å². The van der Waals surface area contributed by atoms with Crippen LogP contribution in [0.15, 0.2) is 22.7 Å². The summed E-state index contributed by atoms with van der Waals surface area (Å²) in [5.41, 5.74) is 1.18. The molecule has 1 aromatic rings. The van der Waals surface area contributed by atoms with E-state index in [1.165, 1.54) is 5.56 Å². The van der Waals surface area contributed by atoms with Gasteiger partial charge in [-0.1, -0.05) is 17.7 Å². The Morgan fingerprint density at radius 2 is 2.29 bits per heavy atom. The van der Waals surface area contributed by atoms with E-state index in [1.54, 1.807) is 7.11 Å². The molecule has 0 atom stereocenters. The van der Waals surface area contributed by atoms with Gasteiger partial charge in [-0.2, -0.15) is 0 Å². The summed E-state index contributed by atoms with van der Waals surface area (Å²) in [5, 5.41) is 4.00. The van der Waals surface area contributed by atoms with Crippen molar-refractivity contribution in [3.63, 3.8) is 0 Å². The largest absolute Gasteiger partial charge is 0.383 e. The van der Waals surface area contributed by atoms with Crippen molar-refractivity contribution in [3.8, 4) is 0 Å². The first-order valence-corrected chi connectivity index (χ1v) is 5.54. The molecule has 0 fully saturated rings. The van der Waals surface area contributed by atoms with Gasteiger partial charge >= 0.3 is 0 Å². The fourth-order valence-corrected chi connectivity index (χ4v) is 1.51. The summed E-state index contributed by atoms with van der Waals surface area (Å²) in [7, 11) is 1.69. The average molecular weight is 279 g/mol. The first-order valence-electron chi connectivity index (χ1n) is 4.37. The minimum absolute atomic E-state index is 0.726. The van der Waals surface area contributed by atoms with Gasteiger partial charge in [0, 0.05) is 24.7 Å². The van der Waals surface area contributed by atoms with Crippen LogP contribution >= 0.6 is 27.5 Å². The molecule has 0 aliphatic heterocycles. The van der Waals surface area contributed by atoms with Crippen LogP contribution in [0.4, 0.5) is 0 Å². The summed E-state index contributed by atoms with van der Waals surface area (Å²) in [6.07, 6.45) is 0. The second-order valence-corrected chi connectivity index (χ2v) is 4.18. The van der Waals surface area contributed by atoms with Gasteiger partial charge in [-0.3, -0.25) is 0 Å². The Balaban J connectivity index is 2.39. The number of halogens is 2. The summed E-state index contributed by atoms with van der Waals surface area (Å²) in [4.78, 5) is 0. The van der Waals surface area contributed by atoms with Gasteiger partial charge in [-0.25, -0.2) is 0 Å². The van der Waals surface area contributed by atoms with E-state index in [9.17, 15) is 0 Å². The molecule has 0 saturated carbocycles. The maximum Gasteiger partial charge on any atom is 0.0587 e. The van der Waals surface area contributed by atoms with Gasteiger partial charge < -0.3 is 10.1 Å². The van der Waals surface area contributed by atoms with E-state index in [1.807, 2.05) is 18.2 Å². The standard InChI is InChI=1S/C10H13BrClNO/c1-14-5-4-13-7-8-2-3-9(11)10(12)6-8/h2-3,6,13H,4-5,7H2,1H3. The molecule has 0 bridgehead atoms. The first-order chi connectivity index (χ1) is 6.74. The molecule has 0 radical (unpaired) electrons. The minimum Gasteiger partial charge on any atom is -0.383 e. The molecule has 0 aliphatic rings. The molecule has 1 aromatic carbocycles. The topological polar surface area (TPSA) is 21.3 Å². The quantitative estimate of drug-likeness (QED) is 0.836. The molecule has 0 spiro atoms. The van der Waals surface area contributed by atoms with E-state index in [4.69, 9.17) is 16.3 Å². The number of nitrogens with one attached hydrogen (secondary N) is 1. The minimum atomic E-state index is 0.726. The Labute approximate surface area is 97.7 Å². The number of methoxy groups -OCH3 is 1. The number of hydrogen-bond acceptors (Lipinski definition) is 2. The first kappa shape index (κ1) is 12.0. The second-order valence-electron chi connectivity index (χ2n) is 2.92. The summed E-state index contributed by atoms with van der Waals surface area (Å²) in [6, 6.07) is 5.94. The smallest absolute Gasteiger partial charge is 0.0587 e. The summed E-state index contributed by atoms with van der Waals surface area (Å²) in [5.74, 6) is 0. The van der Waals surface area contributed by atoms with E-state index in [2.05, 4.69) is 21.2 Å². The molecule has 14 heavy (non-hydrogen) atoms. The van der Waals surface area contributed by atoms with Crippen LogP contribution in [0, 0.1) is 0 Å². The van der Waals surface area contributed by atoms with E-state index in [0.717, 1.165) is 29.2 Å². The van der Waals surface area contributed by atoms with Gasteiger partial charge in [0.05, 0.1) is 11.6 Å². The second kappa shape index (κ2) is 6.40. The van der Waals surface area contributed by atoms with Crippen molar-refractivity contribution >= 4 is 27.5 Å². The van der Waals surface area contributed by atoms with Crippen molar-refractivity contribution in [2.45, 2.75) is 6.54 Å². The van der Waals surface area contributed by atoms with Crippen LogP contribution in [-0.4, -0.2) is 20.3 Å². The lowest BCUT2D eigenvalue weighted by molar-refractivity contribution is 0.199. The third-order valence-corrected chi connectivity index (χ3v) is 3.03. The number of rotatable bonds is 5. The van der Waals surface area contributed by atoms with Crippen molar-refractivity contribution in [3.05, 3.63) is 33.3 Å². The zero-order chi connectivity index (χ0) is 10.4. The zero-order valence-corrected chi connectivity index (χ0v) is 10.4. The van der Waals surface area contributed by atoms with Crippen molar-refractivity contribution in [2.75, 3.05) is 20.3 Å². The van der Waals surface area contributed by atoms with Crippen LogP contribution in [0.3, 0.4) is 0 Å². The molecule has 1 rings (SSSR count). The Morgan fingerprint density at radius 3 is 2.93 bits per heavy atom. The highest BCUT2D eigenvalue weighted by Crippen LogP contribution is 2.22. The monoisotopic (exact) mass is 277 g/mol. The van der Waals surface area contributed by atoms with E-state index in [-0.39, 0.29) is 0 Å². The van der Waals surface area contributed by atoms with E-state index in [0.29, 0.717) is 0 Å².